The summed E-state index contributed by atoms with van der Waals surface area (Å²) >= 11 is 6.06. The average Bonchev–Trinajstić information content (AvgIpc) is 2.63. The van der Waals surface area contributed by atoms with E-state index >= 15 is 0 Å². The molecule has 0 aliphatic rings. The fourth-order valence-electron chi connectivity index (χ4n) is 2.54. The van der Waals surface area contributed by atoms with Crippen LogP contribution in [0.15, 0.2) is 42.5 Å². The Morgan fingerprint density at radius 1 is 1.22 bits per heavy atom. The molecule has 142 valence electrons. The van der Waals surface area contributed by atoms with Crippen LogP contribution in [0, 0.1) is 17.0 Å². The standard InChI is InChI=1S/C19H20ClN3O4/c1-13-5-3-4-6-16(13)19(25)21-10-9-18(24)22(2)12-14-11-15(23(26)27)7-8-17(14)20/h3-8,11H,9-10,12H2,1-2H3,(H,21,25). The van der Waals surface area contributed by atoms with Gasteiger partial charge in [0.2, 0.25) is 5.91 Å². The van der Waals surface area contributed by atoms with E-state index in [0.717, 1.165) is 5.56 Å². The van der Waals surface area contributed by atoms with E-state index in [1.165, 1.54) is 23.1 Å². The second kappa shape index (κ2) is 9.14. The molecular weight excluding hydrogens is 370 g/mol. The number of nitro groups is 1. The fraction of sp³-hybridized carbons (Fsp3) is 0.263. The highest BCUT2D eigenvalue weighted by Crippen LogP contribution is 2.23. The van der Waals surface area contributed by atoms with Crippen LogP contribution >= 0.6 is 11.6 Å². The second-order valence-electron chi connectivity index (χ2n) is 6.10. The van der Waals surface area contributed by atoms with E-state index in [1.807, 2.05) is 19.1 Å². The maximum absolute atomic E-state index is 12.3. The number of benzene rings is 2. The van der Waals surface area contributed by atoms with E-state index < -0.39 is 4.92 Å². The monoisotopic (exact) mass is 389 g/mol. The van der Waals surface area contributed by atoms with Crippen molar-refractivity contribution in [3.63, 3.8) is 0 Å². The van der Waals surface area contributed by atoms with Gasteiger partial charge in [0.05, 0.1) is 4.92 Å². The summed E-state index contributed by atoms with van der Waals surface area (Å²) in [6.45, 7) is 2.18. The average molecular weight is 390 g/mol. The van der Waals surface area contributed by atoms with Crippen LogP contribution in [0.4, 0.5) is 5.69 Å². The molecule has 0 aromatic heterocycles. The van der Waals surface area contributed by atoms with Gasteiger partial charge in [-0.2, -0.15) is 0 Å². The van der Waals surface area contributed by atoms with Crippen molar-refractivity contribution in [1.82, 2.24) is 10.2 Å². The first kappa shape index (κ1) is 20.4. The summed E-state index contributed by atoms with van der Waals surface area (Å²) in [6, 6.07) is 11.3. The van der Waals surface area contributed by atoms with Crippen LogP contribution < -0.4 is 5.32 Å². The molecular formula is C19H20ClN3O4. The number of nitrogens with zero attached hydrogens (tertiary/aromatic N) is 2. The van der Waals surface area contributed by atoms with Crippen LogP contribution in [0.2, 0.25) is 5.02 Å². The van der Waals surface area contributed by atoms with Crippen molar-refractivity contribution < 1.29 is 14.5 Å². The van der Waals surface area contributed by atoms with Gasteiger partial charge in [-0.05, 0) is 30.2 Å². The minimum Gasteiger partial charge on any atom is -0.352 e. The smallest absolute Gasteiger partial charge is 0.269 e. The van der Waals surface area contributed by atoms with Gasteiger partial charge in [0.1, 0.15) is 0 Å². The maximum Gasteiger partial charge on any atom is 0.269 e. The van der Waals surface area contributed by atoms with Gasteiger partial charge in [0, 0.05) is 49.3 Å². The molecule has 0 saturated heterocycles. The van der Waals surface area contributed by atoms with Crippen LogP contribution in [0.3, 0.4) is 0 Å². The van der Waals surface area contributed by atoms with Gasteiger partial charge in [-0.3, -0.25) is 19.7 Å². The number of nitro benzene ring substituents is 1. The van der Waals surface area contributed by atoms with E-state index in [9.17, 15) is 19.7 Å². The van der Waals surface area contributed by atoms with Crippen molar-refractivity contribution in [3.05, 3.63) is 74.3 Å². The molecule has 0 bridgehead atoms. The molecule has 1 N–H and O–H groups in total. The van der Waals surface area contributed by atoms with Crippen molar-refractivity contribution in [1.29, 1.82) is 0 Å². The first-order valence-corrected chi connectivity index (χ1v) is 8.68. The number of hydrogen-bond acceptors (Lipinski definition) is 4. The molecule has 2 amide bonds. The molecule has 0 saturated carbocycles. The number of aryl methyl sites for hydroxylation is 1. The number of hydrogen-bond donors (Lipinski definition) is 1. The van der Waals surface area contributed by atoms with E-state index in [0.29, 0.717) is 16.1 Å². The van der Waals surface area contributed by atoms with Gasteiger partial charge in [-0.1, -0.05) is 29.8 Å². The molecule has 7 nitrogen and oxygen atoms in total. The highest BCUT2D eigenvalue weighted by molar-refractivity contribution is 6.31. The Balaban J connectivity index is 1.89. The van der Waals surface area contributed by atoms with E-state index in [-0.39, 0.29) is 37.0 Å². The predicted octanol–water partition coefficient (Wildman–Crippen LogP) is 3.34. The predicted molar refractivity (Wildman–Crippen MR) is 103 cm³/mol. The SMILES string of the molecule is Cc1ccccc1C(=O)NCCC(=O)N(C)Cc1cc([N+](=O)[O-])ccc1Cl. The van der Waals surface area contributed by atoms with Crippen molar-refractivity contribution in [3.8, 4) is 0 Å². The molecule has 0 radical (unpaired) electrons. The number of carbonyl (C=O) groups is 2. The lowest BCUT2D eigenvalue weighted by Crippen LogP contribution is -2.32. The highest BCUT2D eigenvalue weighted by Gasteiger charge is 2.15. The van der Waals surface area contributed by atoms with Crippen molar-refractivity contribution in [2.45, 2.75) is 19.9 Å². The van der Waals surface area contributed by atoms with E-state index in [1.54, 1.807) is 19.2 Å². The third kappa shape index (κ3) is 5.52. The normalized spacial score (nSPS) is 10.3. The minimum atomic E-state index is -0.511. The Bertz CT molecular complexity index is 870. The lowest BCUT2D eigenvalue weighted by molar-refractivity contribution is -0.384. The van der Waals surface area contributed by atoms with Crippen molar-refractivity contribution >= 4 is 29.1 Å². The van der Waals surface area contributed by atoms with Gasteiger partial charge in [0.25, 0.3) is 11.6 Å². The molecule has 0 spiro atoms. The van der Waals surface area contributed by atoms with Gasteiger partial charge in [0.15, 0.2) is 0 Å². The zero-order chi connectivity index (χ0) is 20.0. The molecule has 2 aromatic carbocycles. The number of halogens is 1. The van der Waals surface area contributed by atoms with E-state index in [2.05, 4.69) is 5.32 Å². The quantitative estimate of drug-likeness (QED) is 0.580. The highest BCUT2D eigenvalue weighted by atomic mass is 35.5. The summed E-state index contributed by atoms with van der Waals surface area (Å²) in [5, 5.41) is 13.9. The lowest BCUT2D eigenvalue weighted by Gasteiger charge is -2.18. The Labute approximate surface area is 162 Å². The molecule has 0 fully saturated rings. The first-order valence-electron chi connectivity index (χ1n) is 8.30. The zero-order valence-corrected chi connectivity index (χ0v) is 15.8. The summed E-state index contributed by atoms with van der Waals surface area (Å²) < 4.78 is 0. The Hall–Kier alpha value is -2.93. The summed E-state index contributed by atoms with van der Waals surface area (Å²) in [5.74, 6) is -0.437. The topological polar surface area (TPSA) is 92.6 Å². The van der Waals surface area contributed by atoms with Gasteiger partial charge in [-0.25, -0.2) is 0 Å². The number of amides is 2. The van der Waals surface area contributed by atoms with Crippen molar-refractivity contribution in [2.75, 3.05) is 13.6 Å². The first-order chi connectivity index (χ1) is 12.8. The third-order valence-corrected chi connectivity index (χ3v) is 4.46. The van der Waals surface area contributed by atoms with Crippen molar-refractivity contribution in [2.24, 2.45) is 0 Å². The molecule has 2 aromatic rings. The maximum atomic E-state index is 12.3. The number of non-ortho nitro benzene ring substituents is 1. The second-order valence-corrected chi connectivity index (χ2v) is 6.51. The molecule has 0 atom stereocenters. The lowest BCUT2D eigenvalue weighted by atomic mass is 10.1. The Morgan fingerprint density at radius 3 is 2.59 bits per heavy atom. The molecule has 2 rings (SSSR count). The van der Waals surface area contributed by atoms with Crippen LogP contribution in [-0.4, -0.2) is 35.2 Å². The Morgan fingerprint density at radius 2 is 1.93 bits per heavy atom. The number of nitrogens with one attached hydrogen (secondary N) is 1. The minimum absolute atomic E-state index is 0.0826. The number of rotatable bonds is 7. The molecule has 8 heteroatoms. The van der Waals surface area contributed by atoms with Crippen LogP contribution in [-0.2, 0) is 11.3 Å². The zero-order valence-electron chi connectivity index (χ0n) is 15.1. The summed E-state index contributed by atoms with van der Waals surface area (Å²) in [5.41, 5.74) is 1.84. The third-order valence-electron chi connectivity index (χ3n) is 4.09. The molecule has 0 aliphatic carbocycles. The molecule has 0 aliphatic heterocycles. The van der Waals surface area contributed by atoms with Gasteiger partial charge in [-0.15, -0.1) is 0 Å². The molecule has 27 heavy (non-hydrogen) atoms. The molecule has 0 heterocycles. The van der Waals surface area contributed by atoms with E-state index in [4.69, 9.17) is 11.6 Å². The molecule has 0 unspecified atom stereocenters. The van der Waals surface area contributed by atoms with Crippen LogP contribution in [0.1, 0.15) is 27.9 Å². The van der Waals surface area contributed by atoms with Gasteiger partial charge >= 0.3 is 0 Å². The summed E-state index contributed by atoms with van der Waals surface area (Å²) in [7, 11) is 1.58. The fourth-order valence-corrected chi connectivity index (χ4v) is 2.71. The van der Waals surface area contributed by atoms with Gasteiger partial charge < -0.3 is 10.2 Å². The van der Waals surface area contributed by atoms with Crippen LogP contribution in [0.25, 0.3) is 0 Å². The summed E-state index contributed by atoms with van der Waals surface area (Å²) in [6.07, 6.45) is 0.112. The number of carbonyl (C=O) groups excluding carboxylic acids is 2. The largest absolute Gasteiger partial charge is 0.352 e. The van der Waals surface area contributed by atoms with Crippen LogP contribution in [0.5, 0.6) is 0 Å². The summed E-state index contributed by atoms with van der Waals surface area (Å²) in [4.78, 5) is 36.2. The Kier molecular flexibility index (Phi) is 6.90.